The highest BCUT2D eigenvalue weighted by Gasteiger charge is 2.32. The standard InChI is InChI=1S/C20H24F3N5O2/c1-13-8-17(27(2)26-13)25-19(30)14-9-15(20(21,22)23)11-16(10-14)24-18(29)12-28-6-4-3-5-7-28/h8-11H,3-7,12H2,1-2H3,(H,24,29)(H,25,30). The van der Waals surface area contributed by atoms with Crippen LogP contribution in [0.5, 0.6) is 0 Å². The van der Waals surface area contributed by atoms with Crippen molar-refractivity contribution < 1.29 is 22.8 Å². The molecule has 10 heteroatoms. The quantitative estimate of drug-likeness (QED) is 0.773. The maximum absolute atomic E-state index is 13.3. The summed E-state index contributed by atoms with van der Waals surface area (Å²) in [6, 6.07) is 4.44. The number of piperidine rings is 1. The third kappa shape index (κ3) is 5.59. The third-order valence-corrected chi connectivity index (χ3v) is 4.87. The highest BCUT2D eigenvalue weighted by atomic mass is 19.4. The average Bonchev–Trinajstić information content (AvgIpc) is 2.98. The van der Waals surface area contributed by atoms with Gasteiger partial charge in [0.05, 0.1) is 17.8 Å². The van der Waals surface area contributed by atoms with Gasteiger partial charge < -0.3 is 10.6 Å². The number of carbonyl (C=O) groups is 2. The van der Waals surface area contributed by atoms with Gasteiger partial charge in [0.2, 0.25) is 5.91 Å². The van der Waals surface area contributed by atoms with Gasteiger partial charge in [0, 0.05) is 24.4 Å². The lowest BCUT2D eigenvalue weighted by molar-refractivity contribution is -0.137. The van der Waals surface area contributed by atoms with Crippen LogP contribution in [-0.2, 0) is 18.0 Å². The molecule has 1 aliphatic heterocycles. The van der Waals surface area contributed by atoms with Crippen LogP contribution in [0.2, 0.25) is 0 Å². The number of rotatable bonds is 5. The van der Waals surface area contributed by atoms with Crippen molar-refractivity contribution in [2.24, 2.45) is 7.05 Å². The second-order valence-corrected chi connectivity index (χ2v) is 7.43. The van der Waals surface area contributed by atoms with E-state index in [0.29, 0.717) is 11.5 Å². The van der Waals surface area contributed by atoms with Crippen LogP contribution in [0.4, 0.5) is 24.7 Å². The molecule has 0 saturated carbocycles. The number of aryl methyl sites for hydroxylation is 2. The molecule has 0 spiro atoms. The molecule has 1 saturated heterocycles. The molecule has 1 fully saturated rings. The highest BCUT2D eigenvalue weighted by Crippen LogP contribution is 2.32. The van der Waals surface area contributed by atoms with E-state index in [1.165, 1.54) is 10.7 Å². The number of halogens is 3. The first-order valence-electron chi connectivity index (χ1n) is 9.68. The van der Waals surface area contributed by atoms with E-state index in [-0.39, 0.29) is 17.8 Å². The Morgan fingerprint density at radius 1 is 1.07 bits per heavy atom. The average molecular weight is 423 g/mol. The van der Waals surface area contributed by atoms with E-state index in [9.17, 15) is 22.8 Å². The van der Waals surface area contributed by atoms with Crippen molar-refractivity contribution in [2.45, 2.75) is 32.4 Å². The van der Waals surface area contributed by atoms with Crippen molar-refractivity contribution >= 4 is 23.3 Å². The van der Waals surface area contributed by atoms with Crippen LogP contribution in [-0.4, -0.2) is 46.1 Å². The fourth-order valence-corrected chi connectivity index (χ4v) is 3.43. The smallest absolute Gasteiger partial charge is 0.325 e. The summed E-state index contributed by atoms with van der Waals surface area (Å²) in [7, 11) is 1.61. The van der Waals surface area contributed by atoms with Crippen LogP contribution in [0.15, 0.2) is 24.3 Å². The van der Waals surface area contributed by atoms with Gasteiger partial charge in [0.1, 0.15) is 5.82 Å². The molecule has 7 nitrogen and oxygen atoms in total. The van der Waals surface area contributed by atoms with Gasteiger partial charge in [-0.3, -0.25) is 19.2 Å². The first-order chi connectivity index (χ1) is 14.1. The first kappa shape index (κ1) is 21.8. The Morgan fingerprint density at radius 3 is 2.37 bits per heavy atom. The Hall–Kier alpha value is -2.88. The zero-order valence-electron chi connectivity index (χ0n) is 16.8. The fraction of sp³-hybridized carbons (Fsp3) is 0.450. The number of anilines is 2. The van der Waals surface area contributed by atoms with E-state index < -0.39 is 23.6 Å². The summed E-state index contributed by atoms with van der Waals surface area (Å²) in [5.74, 6) is -0.786. The Morgan fingerprint density at radius 2 is 1.77 bits per heavy atom. The van der Waals surface area contributed by atoms with Gasteiger partial charge in [0.25, 0.3) is 5.91 Å². The van der Waals surface area contributed by atoms with Crippen molar-refractivity contribution in [2.75, 3.05) is 30.3 Å². The molecule has 2 N–H and O–H groups in total. The molecule has 162 valence electrons. The predicted molar refractivity (Wildman–Crippen MR) is 106 cm³/mol. The van der Waals surface area contributed by atoms with Gasteiger partial charge >= 0.3 is 6.18 Å². The molecule has 0 radical (unpaired) electrons. The van der Waals surface area contributed by atoms with Crippen LogP contribution in [0.1, 0.15) is 40.9 Å². The largest absolute Gasteiger partial charge is 0.416 e. The molecule has 0 unspecified atom stereocenters. The number of amides is 2. The van der Waals surface area contributed by atoms with Crippen LogP contribution in [0, 0.1) is 6.92 Å². The normalized spacial score (nSPS) is 15.1. The number of hydrogen-bond donors (Lipinski definition) is 2. The highest BCUT2D eigenvalue weighted by molar-refractivity contribution is 6.05. The minimum atomic E-state index is -4.66. The van der Waals surface area contributed by atoms with E-state index in [0.717, 1.165) is 44.5 Å². The molecule has 30 heavy (non-hydrogen) atoms. The van der Waals surface area contributed by atoms with E-state index in [1.807, 2.05) is 4.90 Å². The summed E-state index contributed by atoms with van der Waals surface area (Å²) in [5.41, 5.74) is -0.637. The molecular formula is C20H24F3N5O2. The topological polar surface area (TPSA) is 79.3 Å². The Balaban J connectivity index is 1.80. The summed E-state index contributed by atoms with van der Waals surface area (Å²) >= 11 is 0. The molecule has 0 atom stereocenters. The third-order valence-electron chi connectivity index (χ3n) is 4.87. The molecule has 2 heterocycles. The van der Waals surface area contributed by atoms with Crippen LogP contribution < -0.4 is 10.6 Å². The molecule has 1 aromatic heterocycles. The number of hydrogen-bond acceptors (Lipinski definition) is 4. The van der Waals surface area contributed by atoms with Gasteiger partial charge in [-0.25, -0.2) is 0 Å². The van der Waals surface area contributed by atoms with Crippen LogP contribution >= 0.6 is 0 Å². The zero-order chi connectivity index (χ0) is 21.9. The molecule has 0 aliphatic carbocycles. The van der Waals surface area contributed by atoms with Gasteiger partial charge in [-0.2, -0.15) is 18.3 Å². The van der Waals surface area contributed by atoms with E-state index >= 15 is 0 Å². The first-order valence-corrected chi connectivity index (χ1v) is 9.68. The Bertz CT molecular complexity index is 933. The maximum atomic E-state index is 13.3. The maximum Gasteiger partial charge on any atom is 0.416 e. The number of benzene rings is 1. The molecule has 2 amide bonds. The Labute approximate surface area is 172 Å². The lowest BCUT2D eigenvalue weighted by Gasteiger charge is -2.25. The molecule has 1 aromatic carbocycles. The fourth-order valence-electron chi connectivity index (χ4n) is 3.43. The monoisotopic (exact) mass is 423 g/mol. The summed E-state index contributed by atoms with van der Waals surface area (Å²) in [6.45, 7) is 3.41. The SMILES string of the molecule is Cc1cc(NC(=O)c2cc(NC(=O)CN3CCCCC3)cc(C(F)(F)F)c2)n(C)n1. The van der Waals surface area contributed by atoms with Crippen molar-refractivity contribution in [1.82, 2.24) is 14.7 Å². The summed E-state index contributed by atoms with van der Waals surface area (Å²) in [6.07, 6.45) is -1.56. The number of likely N-dealkylation sites (tertiary alicyclic amines) is 1. The van der Waals surface area contributed by atoms with Crippen molar-refractivity contribution in [3.8, 4) is 0 Å². The van der Waals surface area contributed by atoms with Gasteiger partial charge in [0.15, 0.2) is 0 Å². The molecule has 1 aliphatic rings. The van der Waals surface area contributed by atoms with Gasteiger partial charge in [-0.05, 0) is 51.1 Å². The number of carbonyl (C=O) groups excluding carboxylic acids is 2. The molecular weight excluding hydrogens is 399 g/mol. The van der Waals surface area contributed by atoms with Crippen molar-refractivity contribution in [3.05, 3.63) is 41.1 Å². The van der Waals surface area contributed by atoms with Gasteiger partial charge in [-0.1, -0.05) is 6.42 Å². The minimum absolute atomic E-state index is 0.0711. The molecule has 2 aromatic rings. The zero-order valence-corrected chi connectivity index (χ0v) is 16.8. The van der Waals surface area contributed by atoms with Crippen molar-refractivity contribution in [1.29, 1.82) is 0 Å². The van der Waals surface area contributed by atoms with E-state index in [1.54, 1.807) is 20.0 Å². The lowest BCUT2D eigenvalue weighted by Crippen LogP contribution is -2.36. The number of nitrogens with zero attached hydrogens (tertiary/aromatic N) is 3. The van der Waals surface area contributed by atoms with Crippen LogP contribution in [0.3, 0.4) is 0 Å². The number of alkyl halides is 3. The predicted octanol–water partition coefficient (Wildman–Crippen LogP) is 3.42. The number of nitrogens with one attached hydrogen (secondary N) is 2. The summed E-state index contributed by atoms with van der Waals surface area (Å²) < 4.78 is 41.5. The Kier molecular flexibility index (Phi) is 6.45. The summed E-state index contributed by atoms with van der Waals surface area (Å²) in [5, 5.41) is 9.13. The van der Waals surface area contributed by atoms with E-state index in [2.05, 4.69) is 15.7 Å². The number of aromatic nitrogens is 2. The van der Waals surface area contributed by atoms with Crippen molar-refractivity contribution in [3.63, 3.8) is 0 Å². The van der Waals surface area contributed by atoms with E-state index in [4.69, 9.17) is 0 Å². The minimum Gasteiger partial charge on any atom is -0.325 e. The van der Waals surface area contributed by atoms with Crippen LogP contribution in [0.25, 0.3) is 0 Å². The summed E-state index contributed by atoms with van der Waals surface area (Å²) in [4.78, 5) is 26.8. The molecule has 3 rings (SSSR count). The molecule has 0 bridgehead atoms. The second kappa shape index (κ2) is 8.86. The lowest BCUT2D eigenvalue weighted by atomic mass is 10.1. The second-order valence-electron chi connectivity index (χ2n) is 7.43. The van der Waals surface area contributed by atoms with Gasteiger partial charge in [-0.15, -0.1) is 0 Å².